The third-order valence-corrected chi connectivity index (χ3v) is 10.1. The van der Waals surface area contributed by atoms with Crippen LogP contribution in [0.15, 0.2) is 0 Å². The summed E-state index contributed by atoms with van der Waals surface area (Å²) in [5.41, 5.74) is 1.53. The summed E-state index contributed by atoms with van der Waals surface area (Å²) in [6.07, 6.45) is 12.1. The lowest BCUT2D eigenvalue weighted by Crippen LogP contribution is -2.43. The number of hydrogen-bond donors (Lipinski definition) is 1. The van der Waals surface area contributed by atoms with E-state index in [9.17, 15) is 4.80 Å². The van der Waals surface area contributed by atoms with Gasteiger partial charge in [-0.3, -0.25) is 0 Å². The van der Waals surface area contributed by atoms with Gasteiger partial charge in [0.2, 0.25) is 0 Å². The summed E-state index contributed by atoms with van der Waals surface area (Å²) in [5, 5.41) is 0. The standard InChI is InChI=1S/C13H26OSi/c1-2-11-15(14,12-7-3-4-8-12)13-9-5-6-10-13/h12-14H,2-11H2,1H3. The molecule has 1 nitrogen and oxygen atoms in total. The first-order chi connectivity index (χ1) is 7.27. The van der Waals surface area contributed by atoms with Gasteiger partial charge in [-0.05, 0) is 17.1 Å². The van der Waals surface area contributed by atoms with Crippen LogP contribution < -0.4 is 0 Å². The van der Waals surface area contributed by atoms with Gasteiger partial charge in [-0.15, -0.1) is 0 Å². The molecule has 2 aliphatic carbocycles. The minimum atomic E-state index is -1.88. The topological polar surface area (TPSA) is 20.2 Å². The lowest BCUT2D eigenvalue weighted by molar-refractivity contribution is 0.464. The van der Waals surface area contributed by atoms with Gasteiger partial charge in [-0.25, -0.2) is 0 Å². The van der Waals surface area contributed by atoms with Crippen LogP contribution in [0, 0.1) is 0 Å². The molecule has 88 valence electrons. The van der Waals surface area contributed by atoms with Crippen molar-refractivity contribution in [2.45, 2.75) is 81.8 Å². The Morgan fingerprint density at radius 3 is 1.67 bits per heavy atom. The lowest BCUT2D eigenvalue weighted by Gasteiger charge is -2.36. The van der Waals surface area contributed by atoms with Gasteiger partial charge in [-0.2, -0.15) is 0 Å². The molecule has 0 heterocycles. The van der Waals surface area contributed by atoms with Crippen LogP contribution in [-0.4, -0.2) is 13.1 Å². The molecule has 0 saturated heterocycles. The highest BCUT2D eigenvalue weighted by atomic mass is 28.4. The highest BCUT2D eigenvalue weighted by Crippen LogP contribution is 2.50. The van der Waals surface area contributed by atoms with Crippen LogP contribution >= 0.6 is 0 Å². The summed E-state index contributed by atoms with van der Waals surface area (Å²) < 4.78 is 0. The monoisotopic (exact) mass is 226 g/mol. The Labute approximate surface area is 95.4 Å². The van der Waals surface area contributed by atoms with E-state index < -0.39 is 8.32 Å². The minimum absolute atomic E-state index is 0.764. The maximum atomic E-state index is 11.1. The summed E-state index contributed by atoms with van der Waals surface area (Å²) in [6.45, 7) is 2.25. The molecular weight excluding hydrogens is 200 g/mol. The highest BCUT2D eigenvalue weighted by Gasteiger charge is 2.47. The van der Waals surface area contributed by atoms with Crippen molar-refractivity contribution in [2.24, 2.45) is 0 Å². The molecular formula is C13H26OSi. The fourth-order valence-corrected chi connectivity index (χ4v) is 9.09. The van der Waals surface area contributed by atoms with Crippen LogP contribution in [0.2, 0.25) is 17.1 Å². The van der Waals surface area contributed by atoms with E-state index >= 15 is 0 Å². The fourth-order valence-electron chi connectivity index (χ4n) is 3.99. The largest absolute Gasteiger partial charge is 0.431 e. The molecule has 2 rings (SSSR count). The Hall–Kier alpha value is 0.177. The molecule has 0 atom stereocenters. The molecule has 15 heavy (non-hydrogen) atoms. The van der Waals surface area contributed by atoms with Crippen LogP contribution in [-0.2, 0) is 0 Å². The van der Waals surface area contributed by atoms with Gasteiger partial charge < -0.3 is 4.80 Å². The van der Waals surface area contributed by atoms with E-state index in [0.29, 0.717) is 0 Å². The molecule has 0 aromatic carbocycles. The smallest absolute Gasteiger partial charge is 0.194 e. The van der Waals surface area contributed by atoms with Gasteiger partial charge in [0, 0.05) is 0 Å². The molecule has 0 aromatic heterocycles. The molecule has 2 aliphatic rings. The molecule has 0 aliphatic heterocycles. The Morgan fingerprint density at radius 2 is 1.33 bits per heavy atom. The average molecular weight is 226 g/mol. The Morgan fingerprint density at radius 1 is 0.933 bits per heavy atom. The van der Waals surface area contributed by atoms with Crippen LogP contribution in [0.3, 0.4) is 0 Å². The molecule has 2 heteroatoms. The summed E-state index contributed by atoms with van der Waals surface area (Å²) in [4.78, 5) is 11.1. The summed E-state index contributed by atoms with van der Waals surface area (Å²) >= 11 is 0. The van der Waals surface area contributed by atoms with Gasteiger partial charge in [-0.1, -0.05) is 64.7 Å². The predicted octanol–water partition coefficient (Wildman–Crippen LogP) is 4.22. The first-order valence-electron chi connectivity index (χ1n) is 6.99. The molecule has 0 unspecified atom stereocenters. The molecule has 0 bridgehead atoms. The van der Waals surface area contributed by atoms with Gasteiger partial charge in [0.25, 0.3) is 0 Å². The zero-order valence-corrected chi connectivity index (χ0v) is 11.2. The van der Waals surface area contributed by atoms with Crippen LogP contribution in [0.5, 0.6) is 0 Å². The lowest BCUT2D eigenvalue weighted by atomic mass is 10.3. The molecule has 0 radical (unpaired) electrons. The molecule has 0 amide bonds. The van der Waals surface area contributed by atoms with E-state index in [1.54, 1.807) is 0 Å². The maximum Gasteiger partial charge on any atom is 0.194 e. The molecule has 0 spiro atoms. The van der Waals surface area contributed by atoms with Crippen molar-refractivity contribution in [1.82, 2.24) is 0 Å². The second-order valence-electron chi connectivity index (χ2n) is 5.70. The second-order valence-corrected chi connectivity index (χ2v) is 9.82. The minimum Gasteiger partial charge on any atom is -0.431 e. The van der Waals surface area contributed by atoms with E-state index in [2.05, 4.69) is 6.92 Å². The van der Waals surface area contributed by atoms with E-state index in [0.717, 1.165) is 11.1 Å². The van der Waals surface area contributed by atoms with Crippen molar-refractivity contribution in [3.8, 4) is 0 Å². The maximum absolute atomic E-state index is 11.1. The summed E-state index contributed by atoms with van der Waals surface area (Å²) in [6, 6.07) is 1.18. The van der Waals surface area contributed by atoms with Gasteiger partial charge in [0.05, 0.1) is 0 Å². The Balaban J connectivity index is 2.06. The van der Waals surface area contributed by atoms with E-state index in [4.69, 9.17) is 0 Å². The first kappa shape index (κ1) is 11.7. The molecule has 2 saturated carbocycles. The summed E-state index contributed by atoms with van der Waals surface area (Å²) in [5.74, 6) is 0. The molecule has 1 N–H and O–H groups in total. The van der Waals surface area contributed by atoms with E-state index in [1.165, 1.54) is 63.8 Å². The Kier molecular flexibility index (Phi) is 3.89. The number of rotatable bonds is 4. The summed E-state index contributed by atoms with van der Waals surface area (Å²) in [7, 11) is -1.88. The quantitative estimate of drug-likeness (QED) is 0.712. The Bertz CT molecular complexity index is 177. The third-order valence-electron chi connectivity index (χ3n) is 4.77. The predicted molar refractivity (Wildman–Crippen MR) is 67.5 cm³/mol. The van der Waals surface area contributed by atoms with Crippen molar-refractivity contribution in [2.75, 3.05) is 0 Å². The number of hydrogen-bond acceptors (Lipinski definition) is 1. The average Bonchev–Trinajstić information content (AvgIpc) is 2.92. The van der Waals surface area contributed by atoms with Gasteiger partial charge >= 0.3 is 0 Å². The zero-order chi connectivity index (χ0) is 10.7. The molecule has 0 aromatic rings. The van der Waals surface area contributed by atoms with Crippen molar-refractivity contribution in [3.05, 3.63) is 0 Å². The van der Waals surface area contributed by atoms with Gasteiger partial charge in [0.15, 0.2) is 8.32 Å². The van der Waals surface area contributed by atoms with Crippen LogP contribution in [0.4, 0.5) is 0 Å². The third kappa shape index (κ3) is 2.31. The highest BCUT2D eigenvalue weighted by molar-refractivity contribution is 6.75. The zero-order valence-electron chi connectivity index (χ0n) is 10.2. The first-order valence-corrected chi connectivity index (χ1v) is 9.30. The normalized spacial score (nSPS) is 25.2. The fraction of sp³-hybridized carbons (Fsp3) is 1.00. The van der Waals surface area contributed by atoms with Crippen molar-refractivity contribution < 1.29 is 4.80 Å². The van der Waals surface area contributed by atoms with Crippen molar-refractivity contribution >= 4 is 8.32 Å². The second kappa shape index (κ2) is 5.01. The van der Waals surface area contributed by atoms with E-state index in [1.807, 2.05) is 0 Å². The van der Waals surface area contributed by atoms with Crippen molar-refractivity contribution in [3.63, 3.8) is 0 Å². The van der Waals surface area contributed by atoms with Crippen molar-refractivity contribution in [1.29, 1.82) is 0 Å². The van der Waals surface area contributed by atoms with Gasteiger partial charge in [0.1, 0.15) is 0 Å². The molecule has 2 fully saturated rings. The van der Waals surface area contributed by atoms with E-state index in [-0.39, 0.29) is 0 Å². The SMILES string of the molecule is CCC[Si](O)(C1CCCC1)C1CCCC1. The van der Waals surface area contributed by atoms with Crippen LogP contribution in [0.25, 0.3) is 0 Å². The van der Waals surface area contributed by atoms with Crippen LogP contribution in [0.1, 0.15) is 64.7 Å².